The number of aromatic nitrogens is 7. The second-order valence-corrected chi connectivity index (χ2v) is 19.2. The van der Waals surface area contributed by atoms with Crippen molar-refractivity contribution in [1.29, 1.82) is 0 Å². The van der Waals surface area contributed by atoms with E-state index in [2.05, 4.69) is 95.5 Å². The lowest BCUT2D eigenvalue weighted by molar-refractivity contribution is -0.133. The number of benzene rings is 2. The number of carbonyl (C=O) groups is 3. The third kappa shape index (κ3) is 9.25. The molecule has 0 aliphatic carbocycles. The van der Waals surface area contributed by atoms with Crippen molar-refractivity contribution in [1.82, 2.24) is 54.3 Å². The molecule has 1 unspecified atom stereocenters. The number of imidazole rings is 1. The van der Waals surface area contributed by atoms with Crippen molar-refractivity contribution in [2.45, 2.75) is 89.2 Å². The first kappa shape index (κ1) is 44.7. The maximum absolute atomic E-state index is 15.3. The van der Waals surface area contributed by atoms with E-state index in [4.69, 9.17) is 14.8 Å². The fourth-order valence-electron chi connectivity index (χ4n) is 10.9. The van der Waals surface area contributed by atoms with E-state index in [9.17, 15) is 14.4 Å². The standard InChI is InChI=1S/C52H57FN12O4/c1-61-39(26-42-41(11-16-54-50(42)61)36-7-8-44-46(23-36)58-47(57-44)31-69-2)29-63-17-12-33(13-18-63)32-3-5-35(6-4-32)52(68)64-21-22-65-40(30-64)24-38(60-65)28-62-19-14-34(15-20-62)49-43(53)25-37(27-55-49)56-45-9-10-48(66)59-51(45)67/h3-8,11,16,23-27,33-34,45,56H,9-10,12-15,17-22,28-31H2,1-2H3,(H,57,58)(H,59,66,67). The molecule has 3 N–H and O–H groups in total. The summed E-state index contributed by atoms with van der Waals surface area (Å²) in [4.78, 5) is 61.5. The Morgan fingerprint density at radius 2 is 1.65 bits per heavy atom. The molecule has 11 rings (SSSR count). The maximum atomic E-state index is 15.3. The molecule has 2 aromatic carbocycles. The first-order valence-electron chi connectivity index (χ1n) is 24.2. The average Bonchev–Trinajstić information content (AvgIpc) is 4.06. The molecule has 0 radical (unpaired) electrons. The minimum absolute atomic E-state index is 0.00395. The predicted molar refractivity (Wildman–Crippen MR) is 258 cm³/mol. The Kier molecular flexibility index (Phi) is 12.3. The van der Waals surface area contributed by atoms with Gasteiger partial charge in [0.25, 0.3) is 5.91 Å². The summed E-state index contributed by atoms with van der Waals surface area (Å²) >= 11 is 0. The van der Waals surface area contributed by atoms with Gasteiger partial charge in [-0.25, -0.2) is 14.4 Å². The second-order valence-electron chi connectivity index (χ2n) is 19.2. The molecule has 69 heavy (non-hydrogen) atoms. The molecule has 17 heteroatoms. The maximum Gasteiger partial charge on any atom is 0.254 e. The van der Waals surface area contributed by atoms with Gasteiger partial charge in [0.15, 0.2) is 0 Å². The number of H-pyrrole nitrogens is 1. The van der Waals surface area contributed by atoms with Crippen LogP contribution >= 0.6 is 0 Å². The van der Waals surface area contributed by atoms with E-state index in [1.165, 1.54) is 17.3 Å². The number of nitrogens with zero attached hydrogens (tertiary/aromatic N) is 9. The number of pyridine rings is 2. The number of amides is 3. The first-order chi connectivity index (χ1) is 33.6. The van der Waals surface area contributed by atoms with Crippen LogP contribution in [0.25, 0.3) is 33.2 Å². The molecule has 9 heterocycles. The van der Waals surface area contributed by atoms with Gasteiger partial charge in [0.2, 0.25) is 11.8 Å². The van der Waals surface area contributed by atoms with Crippen LogP contribution in [-0.2, 0) is 54.2 Å². The molecule has 1 atom stereocenters. The molecule has 3 amide bonds. The number of hydrogen-bond acceptors (Lipinski definition) is 11. The number of nitrogens with one attached hydrogen (secondary N) is 3. The second kappa shape index (κ2) is 18.9. The normalized spacial score (nSPS) is 18.8. The predicted octanol–water partition coefficient (Wildman–Crippen LogP) is 6.63. The molecule has 5 aromatic heterocycles. The van der Waals surface area contributed by atoms with Crippen molar-refractivity contribution in [2.75, 3.05) is 45.2 Å². The van der Waals surface area contributed by atoms with Gasteiger partial charge in [0.1, 0.15) is 29.9 Å². The van der Waals surface area contributed by atoms with E-state index in [-0.39, 0.29) is 30.0 Å². The molecular formula is C52H57FN12O4. The Morgan fingerprint density at radius 1 is 0.870 bits per heavy atom. The number of fused-ring (bicyclic) bond motifs is 3. The number of hydrogen-bond donors (Lipinski definition) is 3. The summed E-state index contributed by atoms with van der Waals surface area (Å²) in [6, 6.07) is 22.0. The lowest BCUT2D eigenvalue weighted by Gasteiger charge is -2.32. The van der Waals surface area contributed by atoms with Crippen LogP contribution in [0.4, 0.5) is 10.1 Å². The number of anilines is 1. The summed E-state index contributed by atoms with van der Waals surface area (Å²) in [5, 5.41) is 11.4. The number of ether oxygens (including phenoxy) is 1. The molecule has 16 nitrogen and oxygen atoms in total. The zero-order chi connectivity index (χ0) is 47.2. The quantitative estimate of drug-likeness (QED) is 0.113. The third-order valence-electron chi connectivity index (χ3n) is 14.7. The van der Waals surface area contributed by atoms with Crippen molar-refractivity contribution >= 4 is 45.5 Å². The van der Waals surface area contributed by atoms with E-state index < -0.39 is 11.9 Å². The van der Waals surface area contributed by atoms with Crippen molar-refractivity contribution in [3.05, 3.63) is 125 Å². The minimum atomic E-state index is -0.592. The van der Waals surface area contributed by atoms with E-state index in [0.717, 1.165) is 109 Å². The lowest BCUT2D eigenvalue weighted by Crippen LogP contribution is -2.47. The Labute approximate surface area is 399 Å². The number of piperidine rings is 3. The van der Waals surface area contributed by atoms with E-state index in [1.807, 2.05) is 27.9 Å². The summed E-state index contributed by atoms with van der Waals surface area (Å²) in [6.45, 7) is 7.32. The third-order valence-corrected chi connectivity index (χ3v) is 14.7. The van der Waals surface area contributed by atoms with Crippen molar-refractivity contribution in [3.63, 3.8) is 0 Å². The lowest BCUT2D eigenvalue weighted by atomic mass is 9.89. The van der Waals surface area contributed by atoms with Crippen LogP contribution in [0.2, 0.25) is 0 Å². The van der Waals surface area contributed by atoms with Gasteiger partial charge in [-0.05, 0) is 123 Å². The summed E-state index contributed by atoms with van der Waals surface area (Å²) in [5.74, 6) is 0.212. The highest BCUT2D eigenvalue weighted by Gasteiger charge is 2.30. The van der Waals surface area contributed by atoms with Crippen molar-refractivity contribution in [2.24, 2.45) is 7.05 Å². The summed E-state index contributed by atoms with van der Waals surface area (Å²) in [7, 11) is 3.79. The van der Waals surface area contributed by atoms with Crippen LogP contribution in [0.15, 0.2) is 79.1 Å². The molecule has 3 saturated heterocycles. The number of halogens is 1. The van der Waals surface area contributed by atoms with Gasteiger partial charge in [-0.15, -0.1) is 0 Å². The molecule has 7 aromatic rings. The molecule has 0 saturated carbocycles. The monoisotopic (exact) mass is 932 g/mol. The number of methoxy groups -OCH3 is 1. The van der Waals surface area contributed by atoms with Crippen LogP contribution in [-0.4, -0.2) is 113 Å². The van der Waals surface area contributed by atoms with Gasteiger partial charge >= 0.3 is 0 Å². The fourth-order valence-corrected chi connectivity index (χ4v) is 10.9. The Morgan fingerprint density at radius 3 is 2.42 bits per heavy atom. The highest BCUT2D eigenvalue weighted by Crippen LogP contribution is 2.35. The van der Waals surface area contributed by atoms with Crippen LogP contribution in [0, 0.1) is 5.82 Å². The number of aryl methyl sites for hydroxylation is 1. The highest BCUT2D eigenvalue weighted by atomic mass is 19.1. The highest BCUT2D eigenvalue weighted by molar-refractivity contribution is 6.01. The van der Waals surface area contributed by atoms with Crippen LogP contribution in [0.3, 0.4) is 0 Å². The number of carbonyl (C=O) groups excluding carboxylic acids is 3. The van der Waals surface area contributed by atoms with E-state index >= 15 is 4.39 Å². The minimum Gasteiger partial charge on any atom is -0.377 e. The molecule has 4 aliphatic heterocycles. The number of rotatable bonds is 12. The summed E-state index contributed by atoms with van der Waals surface area (Å²) in [5.41, 5.74) is 11.3. The fraction of sp³-hybridized carbons (Fsp3) is 0.404. The SMILES string of the molecule is COCc1nc2ccc(-c3ccnc4c3cc(CN3CCC(c5ccc(C(=O)N6CCn7nc(CN8CCC(c9ncc(NC%10CCC(=O)NC%10=O)cc9F)CC8)cc7C6)cc5)CC3)n4C)cc2[nH]1. The first-order valence-corrected chi connectivity index (χ1v) is 24.2. The Hall–Kier alpha value is -6.82. The van der Waals surface area contributed by atoms with Gasteiger partial charge in [-0.2, -0.15) is 5.10 Å². The molecule has 356 valence electrons. The molecule has 0 bridgehead atoms. The van der Waals surface area contributed by atoms with Crippen LogP contribution in [0.1, 0.15) is 94.9 Å². The molecule has 4 aliphatic rings. The van der Waals surface area contributed by atoms with Crippen molar-refractivity contribution < 1.29 is 23.5 Å². The van der Waals surface area contributed by atoms with Gasteiger partial charge in [0, 0.05) is 75.0 Å². The van der Waals surface area contributed by atoms with Gasteiger partial charge in [0.05, 0.1) is 53.1 Å². The van der Waals surface area contributed by atoms with Crippen molar-refractivity contribution in [3.8, 4) is 11.1 Å². The number of aromatic amines is 1. The largest absolute Gasteiger partial charge is 0.377 e. The topological polar surface area (TPSA) is 171 Å². The zero-order valence-electron chi connectivity index (χ0n) is 39.1. The van der Waals surface area contributed by atoms with E-state index in [0.29, 0.717) is 62.1 Å². The van der Waals surface area contributed by atoms with Crippen LogP contribution in [0.5, 0.6) is 0 Å². The average molecular weight is 933 g/mol. The van der Waals surface area contributed by atoms with Crippen LogP contribution < -0.4 is 10.6 Å². The molecule has 3 fully saturated rings. The Bertz CT molecular complexity index is 3050. The van der Waals surface area contributed by atoms with Gasteiger partial charge in [-0.1, -0.05) is 18.2 Å². The van der Waals surface area contributed by atoms with E-state index in [1.54, 1.807) is 13.3 Å². The number of imide groups is 1. The number of likely N-dealkylation sites (tertiary alicyclic amines) is 2. The van der Waals surface area contributed by atoms with Gasteiger partial charge in [-0.3, -0.25) is 39.2 Å². The smallest absolute Gasteiger partial charge is 0.254 e. The summed E-state index contributed by atoms with van der Waals surface area (Å²) < 4.78 is 24.8. The molecular weight excluding hydrogens is 876 g/mol. The zero-order valence-corrected chi connectivity index (χ0v) is 39.1. The summed E-state index contributed by atoms with van der Waals surface area (Å²) in [6.07, 6.45) is 7.73. The van der Waals surface area contributed by atoms with Gasteiger partial charge < -0.3 is 24.5 Å². The molecule has 0 spiro atoms. The Balaban J connectivity index is 0.651.